The number of hydrogen-bond donors (Lipinski definition) is 2. The number of benzene rings is 1. The van der Waals surface area contributed by atoms with Gasteiger partial charge < -0.3 is 19.5 Å². The summed E-state index contributed by atoms with van der Waals surface area (Å²) >= 11 is 0. The van der Waals surface area contributed by atoms with Crippen LogP contribution in [0, 0.1) is 0 Å². The van der Waals surface area contributed by atoms with Crippen LogP contribution < -0.4 is 14.9 Å². The van der Waals surface area contributed by atoms with Crippen LogP contribution in [0.5, 0.6) is 11.5 Å². The van der Waals surface area contributed by atoms with Crippen LogP contribution in [0.1, 0.15) is 0 Å². The molecule has 0 spiro atoms. The first-order valence-corrected chi connectivity index (χ1v) is 4.46. The zero-order valence-corrected chi connectivity index (χ0v) is 8.51. The van der Waals surface area contributed by atoms with Gasteiger partial charge in [-0.25, -0.2) is 0 Å². The summed E-state index contributed by atoms with van der Waals surface area (Å²) < 4.78 is 10.3. The summed E-state index contributed by atoms with van der Waals surface area (Å²) in [6.45, 7) is 3.88. The first-order chi connectivity index (χ1) is 7.17. The molecule has 0 unspecified atom stereocenters. The van der Waals surface area contributed by atoms with Gasteiger partial charge in [0, 0.05) is 6.07 Å². The third-order valence-corrected chi connectivity index (χ3v) is 1.80. The Hall–Kier alpha value is -1.46. The average molecular weight is 208 g/mol. The van der Waals surface area contributed by atoms with Crippen LogP contribution in [-0.4, -0.2) is 30.9 Å². The van der Waals surface area contributed by atoms with Gasteiger partial charge in [-0.05, 0) is 17.6 Å². The van der Waals surface area contributed by atoms with Gasteiger partial charge in [-0.2, -0.15) is 0 Å². The third kappa shape index (κ3) is 3.30. The summed E-state index contributed by atoms with van der Waals surface area (Å²) in [5.74, 6) is 1.03. The van der Waals surface area contributed by atoms with Gasteiger partial charge in [0.1, 0.15) is 18.1 Å². The smallest absolute Gasteiger partial charge is 0.488 e. The van der Waals surface area contributed by atoms with Crippen molar-refractivity contribution in [3.05, 3.63) is 30.9 Å². The van der Waals surface area contributed by atoms with E-state index < -0.39 is 7.12 Å². The second-order valence-corrected chi connectivity index (χ2v) is 2.92. The largest absolute Gasteiger partial charge is 0.497 e. The molecule has 1 aromatic rings. The van der Waals surface area contributed by atoms with E-state index in [1.54, 1.807) is 12.1 Å². The van der Waals surface area contributed by atoms with E-state index in [0.29, 0.717) is 23.6 Å². The summed E-state index contributed by atoms with van der Waals surface area (Å²) in [5.41, 5.74) is 0.327. The molecule has 0 saturated heterocycles. The van der Waals surface area contributed by atoms with E-state index in [1.165, 1.54) is 19.2 Å². The van der Waals surface area contributed by atoms with Gasteiger partial charge in [0.15, 0.2) is 0 Å². The zero-order valence-electron chi connectivity index (χ0n) is 8.51. The van der Waals surface area contributed by atoms with E-state index in [9.17, 15) is 0 Å². The lowest BCUT2D eigenvalue weighted by Gasteiger charge is -2.08. The topological polar surface area (TPSA) is 58.9 Å². The Kier molecular flexibility index (Phi) is 4.21. The maximum Gasteiger partial charge on any atom is 0.488 e. The molecule has 0 aliphatic heterocycles. The first kappa shape index (κ1) is 11.6. The molecule has 0 aliphatic carbocycles. The molecule has 5 heteroatoms. The van der Waals surface area contributed by atoms with Crippen LogP contribution >= 0.6 is 0 Å². The normalized spacial score (nSPS) is 9.53. The summed E-state index contributed by atoms with van der Waals surface area (Å²) in [5, 5.41) is 18.0. The highest BCUT2D eigenvalue weighted by molar-refractivity contribution is 6.58. The van der Waals surface area contributed by atoms with Gasteiger partial charge in [-0.1, -0.05) is 12.7 Å². The van der Waals surface area contributed by atoms with E-state index in [0.717, 1.165) is 0 Å². The van der Waals surface area contributed by atoms with Gasteiger partial charge in [0.25, 0.3) is 0 Å². The van der Waals surface area contributed by atoms with Crippen molar-refractivity contribution in [3.8, 4) is 11.5 Å². The van der Waals surface area contributed by atoms with Crippen molar-refractivity contribution in [3.63, 3.8) is 0 Å². The van der Waals surface area contributed by atoms with Crippen LogP contribution in [0.25, 0.3) is 0 Å². The Morgan fingerprint density at radius 1 is 1.33 bits per heavy atom. The van der Waals surface area contributed by atoms with Gasteiger partial charge in [-0.3, -0.25) is 0 Å². The van der Waals surface area contributed by atoms with Crippen molar-refractivity contribution in [2.45, 2.75) is 0 Å². The summed E-state index contributed by atoms with van der Waals surface area (Å²) in [7, 11) is -0.0358. The molecule has 0 aromatic heterocycles. The zero-order chi connectivity index (χ0) is 11.3. The van der Waals surface area contributed by atoms with Crippen molar-refractivity contribution >= 4 is 12.6 Å². The molecule has 0 atom stereocenters. The Morgan fingerprint density at radius 3 is 2.53 bits per heavy atom. The van der Waals surface area contributed by atoms with Crippen molar-refractivity contribution < 1.29 is 19.5 Å². The highest BCUT2D eigenvalue weighted by Crippen LogP contribution is 2.17. The maximum atomic E-state index is 9.02. The number of hydrogen-bond acceptors (Lipinski definition) is 4. The Balaban J connectivity index is 2.94. The fourth-order valence-corrected chi connectivity index (χ4v) is 1.10. The Bertz CT molecular complexity index is 338. The van der Waals surface area contributed by atoms with Gasteiger partial charge >= 0.3 is 7.12 Å². The van der Waals surface area contributed by atoms with E-state index in [2.05, 4.69) is 6.58 Å². The van der Waals surface area contributed by atoms with Crippen LogP contribution in [0.2, 0.25) is 0 Å². The lowest BCUT2D eigenvalue weighted by atomic mass is 9.80. The van der Waals surface area contributed by atoms with Crippen LogP contribution in [0.15, 0.2) is 30.9 Å². The van der Waals surface area contributed by atoms with Crippen molar-refractivity contribution in [2.75, 3.05) is 13.7 Å². The molecular formula is C10H13BO4. The molecule has 1 aromatic carbocycles. The number of methoxy groups -OCH3 is 1. The molecule has 1 rings (SSSR count). The lowest BCUT2D eigenvalue weighted by molar-refractivity contribution is 0.357. The van der Waals surface area contributed by atoms with E-state index in [-0.39, 0.29) is 0 Å². The van der Waals surface area contributed by atoms with Crippen molar-refractivity contribution in [1.29, 1.82) is 0 Å². The summed E-state index contributed by atoms with van der Waals surface area (Å²) in [6, 6.07) is 4.73. The van der Waals surface area contributed by atoms with Gasteiger partial charge in [0.2, 0.25) is 0 Å². The monoisotopic (exact) mass is 208 g/mol. The molecule has 80 valence electrons. The highest BCUT2D eigenvalue weighted by Gasteiger charge is 2.13. The van der Waals surface area contributed by atoms with E-state index in [1.807, 2.05) is 0 Å². The Labute approximate surface area is 88.9 Å². The molecule has 0 aliphatic rings. The fraction of sp³-hybridized carbons (Fsp3) is 0.200. The minimum atomic E-state index is -1.54. The predicted molar refractivity (Wildman–Crippen MR) is 58.5 cm³/mol. The second-order valence-electron chi connectivity index (χ2n) is 2.92. The molecule has 0 bridgehead atoms. The summed E-state index contributed by atoms with van der Waals surface area (Å²) in [6.07, 6.45) is 1.61. The minimum Gasteiger partial charge on any atom is -0.497 e. The van der Waals surface area contributed by atoms with Crippen molar-refractivity contribution in [1.82, 2.24) is 0 Å². The maximum absolute atomic E-state index is 9.02. The number of ether oxygens (including phenoxy) is 2. The summed E-state index contributed by atoms with van der Waals surface area (Å²) in [4.78, 5) is 0. The lowest BCUT2D eigenvalue weighted by Crippen LogP contribution is -2.29. The van der Waals surface area contributed by atoms with Gasteiger partial charge in [0.05, 0.1) is 7.11 Å². The quantitative estimate of drug-likeness (QED) is 0.525. The Morgan fingerprint density at radius 2 is 2.00 bits per heavy atom. The SMILES string of the molecule is C=CCOc1cc(OC)cc(B(O)O)c1. The van der Waals surface area contributed by atoms with Crippen LogP contribution in [0.3, 0.4) is 0 Å². The number of rotatable bonds is 5. The average Bonchev–Trinajstić information content (AvgIpc) is 2.25. The molecule has 15 heavy (non-hydrogen) atoms. The third-order valence-electron chi connectivity index (χ3n) is 1.80. The molecule has 0 radical (unpaired) electrons. The highest BCUT2D eigenvalue weighted by atomic mass is 16.5. The van der Waals surface area contributed by atoms with Crippen molar-refractivity contribution in [2.24, 2.45) is 0 Å². The molecule has 0 heterocycles. The van der Waals surface area contributed by atoms with Crippen LogP contribution in [0.4, 0.5) is 0 Å². The molecule has 2 N–H and O–H groups in total. The van der Waals surface area contributed by atoms with Crippen LogP contribution in [-0.2, 0) is 0 Å². The first-order valence-electron chi connectivity index (χ1n) is 4.46. The van der Waals surface area contributed by atoms with Gasteiger partial charge in [-0.15, -0.1) is 0 Å². The molecule has 0 saturated carbocycles. The molecule has 0 amide bonds. The molecule has 4 nitrogen and oxygen atoms in total. The molecular weight excluding hydrogens is 195 g/mol. The second kappa shape index (κ2) is 5.43. The van der Waals surface area contributed by atoms with E-state index in [4.69, 9.17) is 19.5 Å². The fourth-order valence-electron chi connectivity index (χ4n) is 1.10. The molecule has 0 fully saturated rings. The minimum absolute atomic E-state index is 0.327. The standard InChI is InChI=1S/C10H13BO4/c1-3-4-15-10-6-8(11(12)13)5-9(7-10)14-2/h3,5-7,12-13H,1,4H2,2H3. The van der Waals surface area contributed by atoms with E-state index >= 15 is 0 Å². The predicted octanol–water partition coefficient (Wildman–Crippen LogP) is -0.0602.